The van der Waals surface area contributed by atoms with Crippen LogP contribution in [0.25, 0.3) is 0 Å². The molecule has 8 heteroatoms. The Morgan fingerprint density at radius 3 is 2.50 bits per heavy atom. The first-order chi connectivity index (χ1) is 9.45. The van der Waals surface area contributed by atoms with Crippen molar-refractivity contribution in [3.05, 3.63) is 33.9 Å². The molecule has 108 valence electrons. The molecule has 0 spiro atoms. The lowest BCUT2D eigenvalue weighted by Crippen LogP contribution is -2.30. The first kappa shape index (κ1) is 14.2. The molecule has 1 aliphatic rings. The van der Waals surface area contributed by atoms with Gasteiger partial charge >= 0.3 is 0 Å². The zero-order chi connectivity index (χ0) is 14.9. The van der Waals surface area contributed by atoms with Crippen LogP contribution < -0.4 is 5.32 Å². The van der Waals surface area contributed by atoms with Crippen molar-refractivity contribution in [3.8, 4) is 0 Å². The Bertz CT molecular complexity index is 538. The highest BCUT2D eigenvalue weighted by Crippen LogP contribution is 2.29. The summed E-state index contributed by atoms with van der Waals surface area (Å²) < 4.78 is 0. The molecule has 2 atom stereocenters. The fraction of sp³-hybridized carbons (Fsp3) is 0.417. The third-order valence-electron chi connectivity index (χ3n) is 3.27. The second-order valence-corrected chi connectivity index (χ2v) is 4.55. The molecule has 1 aromatic carbocycles. The summed E-state index contributed by atoms with van der Waals surface area (Å²) in [4.78, 5) is 24.0. The zero-order valence-corrected chi connectivity index (χ0v) is 10.8. The average molecular weight is 281 g/mol. The summed E-state index contributed by atoms with van der Waals surface area (Å²) in [6, 6.07) is 4.20. The highest BCUT2D eigenvalue weighted by Gasteiger charge is 2.34. The molecule has 0 aliphatic carbocycles. The van der Waals surface area contributed by atoms with Gasteiger partial charge in [0, 0.05) is 26.2 Å². The van der Waals surface area contributed by atoms with Gasteiger partial charge in [0.2, 0.25) is 0 Å². The number of likely N-dealkylation sites (tertiary alicyclic amines) is 1. The molecule has 0 radical (unpaired) electrons. The smallest absolute Gasteiger partial charge is 0.293 e. The molecule has 20 heavy (non-hydrogen) atoms. The van der Waals surface area contributed by atoms with Crippen LogP contribution in [0, 0.1) is 10.1 Å². The van der Waals surface area contributed by atoms with E-state index in [2.05, 4.69) is 5.32 Å². The number of rotatable bonds is 3. The quantitative estimate of drug-likeness (QED) is 0.522. The molecule has 1 aromatic rings. The van der Waals surface area contributed by atoms with Crippen molar-refractivity contribution in [2.75, 3.05) is 25.5 Å². The van der Waals surface area contributed by atoms with Gasteiger partial charge in [-0.1, -0.05) is 6.07 Å². The molecule has 0 bridgehead atoms. The van der Waals surface area contributed by atoms with Crippen molar-refractivity contribution in [2.45, 2.75) is 12.2 Å². The van der Waals surface area contributed by atoms with Gasteiger partial charge in [-0.2, -0.15) is 0 Å². The zero-order valence-electron chi connectivity index (χ0n) is 10.8. The number of hydrogen-bond acceptors (Lipinski definition) is 6. The Morgan fingerprint density at radius 1 is 1.40 bits per heavy atom. The Kier molecular flexibility index (Phi) is 3.86. The normalized spacial score (nSPS) is 21.9. The van der Waals surface area contributed by atoms with Gasteiger partial charge in [-0.05, 0) is 6.07 Å². The first-order valence-electron chi connectivity index (χ1n) is 6.06. The topological polar surface area (TPSA) is 116 Å². The SMILES string of the molecule is CNc1c(C(=O)N2CC(O)C(O)C2)cccc1[N+](=O)[O-]. The number of nitro groups is 1. The standard InChI is InChI=1S/C12H15N3O5/c1-13-11-7(3-2-4-8(11)15(19)20)12(18)14-5-9(16)10(17)6-14/h2-4,9-10,13,16-17H,5-6H2,1H3. The minimum Gasteiger partial charge on any atom is -0.388 e. The summed E-state index contributed by atoms with van der Waals surface area (Å²) in [7, 11) is 1.49. The van der Waals surface area contributed by atoms with Crippen molar-refractivity contribution >= 4 is 17.3 Å². The van der Waals surface area contributed by atoms with Crippen LogP contribution in [0.3, 0.4) is 0 Å². The van der Waals surface area contributed by atoms with Gasteiger partial charge in [-0.25, -0.2) is 0 Å². The van der Waals surface area contributed by atoms with Crippen LogP contribution in [0.2, 0.25) is 0 Å². The molecular weight excluding hydrogens is 266 g/mol. The van der Waals surface area contributed by atoms with Crippen molar-refractivity contribution in [3.63, 3.8) is 0 Å². The number of nitrogens with one attached hydrogen (secondary N) is 1. The molecule has 1 fully saturated rings. The third kappa shape index (κ3) is 2.43. The van der Waals surface area contributed by atoms with E-state index in [1.807, 2.05) is 0 Å². The minimum absolute atomic E-state index is 0.00580. The van der Waals surface area contributed by atoms with E-state index >= 15 is 0 Å². The molecule has 1 heterocycles. The van der Waals surface area contributed by atoms with Gasteiger partial charge in [0.1, 0.15) is 5.69 Å². The molecule has 0 aromatic heterocycles. The van der Waals surface area contributed by atoms with E-state index in [0.29, 0.717) is 0 Å². The summed E-state index contributed by atoms with van der Waals surface area (Å²) in [5.41, 5.74) is 0.0695. The molecule has 3 N–H and O–H groups in total. The third-order valence-corrected chi connectivity index (χ3v) is 3.27. The number of aliphatic hydroxyl groups is 2. The summed E-state index contributed by atoms with van der Waals surface area (Å²) in [6.45, 7) is 0.0116. The summed E-state index contributed by atoms with van der Waals surface area (Å²) in [6.07, 6.45) is -1.98. The lowest BCUT2D eigenvalue weighted by Gasteiger charge is -2.17. The van der Waals surface area contributed by atoms with Crippen LogP contribution in [-0.2, 0) is 0 Å². The lowest BCUT2D eigenvalue weighted by molar-refractivity contribution is -0.384. The number of amides is 1. The van der Waals surface area contributed by atoms with Gasteiger partial charge in [0.15, 0.2) is 0 Å². The monoisotopic (exact) mass is 281 g/mol. The van der Waals surface area contributed by atoms with Crippen LogP contribution in [0.15, 0.2) is 18.2 Å². The van der Waals surface area contributed by atoms with Crippen molar-refractivity contribution < 1.29 is 19.9 Å². The van der Waals surface area contributed by atoms with Crippen molar-refractivity contribution in [1.82, 2.24) is 4.90 Å². The number of aliphatic hydroxyl groups excluding tert-OH is 2. The molecule has 2 unspecified atom stereocenters. The minimum atomic E-state index is -0.990. The predicted octanol–water partition coefficient (Wildman–Crippen LogP) is -0.186. The lowest BCUT2D eigenvalue weighted by atomic mass is 10.1. The number of carbonyl (C=O) groups excluding carboxylic acids is 1. The van der Waals surface area contributed by atoms with E-state index in [4.69, 9.17) is 0 Å². The Balaban J connectivity index is 2.35. The number of carbonyl (C=O) groups is 1. The van der Waals surface area contributed by atoms with Crippen LogP contribution in [-0.4, -0.2) is 58.3 Å². The Morgan fingerprint density at radius 2 is 2.00 bits per heavy atom. The maximum Gasteiger partial charge on any atom is 0.293 e. The molecule has 0 saturated carbocycles. The molecule has 1 amide bonds. The number of anilines is 1. The largest absolute Gasteiger partial charge is 0.388 e. The second kappa shape index (κ2) is 5.43. The Labute approximate surface area is 114 Å². The highest BCUT2D eigenvalue weighted by molar-refractivity contribution is 6.01. The molecule has 8 nitrogen and oxygen atoms in total. The van der Waals surface area contributed by atoms with Gasteiger partial charge in [0.05, 0.1) is 22.7 Å². The van der Waals surface area contributed by atoms with Gasteiger partial charge in [-0.15, -0.1) is 0 Å². The van der Waals surface area contributed by atoms with Gasteiger partial charge < -0.3 is 20.4 Å². The number of hydrogen-bond donors (Lipinski definition) is 3. The molecule has 2 rings (SSSR count). The van der Waals surface area contributed by atoms with E-state index in [-0.39, 0.29) is 30.0 Å². The molecule has 1 aliphatic heterocycles. The average Bonchev–Trinajstić information content (AvgIpc) is 2.76. The fourth-order valence-corrected chi connectivity index (χ4v) is 2.24. The maximum atomic E-state index is 12.3. The van der Waals surface area contributed by atoms with E-state index < -0.39 is 23.0 Å². The maximum absolute atomic E-state index is 12.3. The summed E-state index contributed by atoms with van der Waals surface area (Å²) in [5, 5.41) is 32.5. The fourth-order valence-electron chi connectivity index (χ4n) is 2.24. The summed E-state index contributed by atoms with van der Waals surface area (Å²) in [5.74, 6) is -0.464. The molecular formula is C12H15N3O5. The van der Waals surface area contributed by atoms with E-state index in [1.54, 1.807) is 0 Å². The number of benzene rings is 1. The van der Waals surface area contributed by atoms with Crippen LogP contribution in [0.1, 0.15) is 10.4 Å². The van der Waals surface area contributed by atoms with Gasteiger partial charge in [-0.3, -0.25) is 14.9 Å². The first-order valence-corrected chi connectivity index (χ1v) is 6.06. The highest BCUT2D eigenvalue weighted by atomic mass is 16.6. The predicted molar refractivity (Wildman–Crippen MR) is 70.6 cm³/mol. The number of β-amino-alcohol motifs (C(OH)–C–C–N with tert-alkyl or cyclic N) is 2. The van der Waals surface area contributed by atoms with Crippen LogP contribution in [0.4, 0.5) is 11.4 Å². The van der Waals surface area contributed by atoms with Crippen LogP contribution in [0.5, 0.6) is 0 Å². The van der Waals surface area contributed by atoms with E-state index in [9.17, 15) is 25.1 Å². The molecule has 1 saturated heterocycles. The number of nitrogens with zero attached hydrogens (tertiary/aromatic N) is 2. The van der Waals surface area contributed by atoms with Gasteiger partial charge in [0.25, 0.3) is 11.6 Å². The number of nitro benzene ring substituents is 1. The summed E-state index contributed by atoms with van der Waals surface area (Å²) >= 11 is 0. The number of para-hydroxylation sites is 1. The van der Waals surface area contributed by atoms with E-state index in [0.717, 1.165) is 0 Å². The van der Waals surface area contributed by atoms with E-state index in [1.165, 1.54) is 30.1 Å². The Hall–Kier alpha value is -2.19. The van der Waals surface area contributed by atoms with Crippen LogP contribution >= 0.6 is 0 Å². The van der Waals surface area contributed by atoms with Crippen molar-refractivity contribution in [2.24, 2.45) is 0 Å². The van der Waals surface area contributed by atoms with Crippen molar-refractivity contribution in [1.29, 1.82) is 0 Å². The second-order valence-electron chi connectivity index (χ2n) is 4.55.